The number of halogens is 1. The van der Waals surface area contributed by atoms with Gasteiger partial charge in [-0.3, -0.25) is 4.79 Å². The van der Waals surface area contributed by atoms with Crippen molar-refractivity contribution in [1.82, 2.24) is 0 Å². The molecule has 0 saturated carbocycles. The number of furan rings is 1. The number of rotatable bonds is 4. The maximum atomic E-state index is 13.6. The van der Waals surface area contributed by atoms with Crippen LogP contribution in [-0.2, 0) is 4.79 Å². The van der Waals surface area contributed by atoms with Gasteiger partial charge in [-0.2, -0.15) is 5.26 Å². The number of hydrogen-bond donors (Lipinski definition) is 1. The minimum atomic E-state index is -0.677. The molecule has 0 radical (unpaired) electrons. The maximum absolute atomic E-state index is 13.6. The van der Waals surface area contributed by atoms with E-state index in [1.54, 1.807) is 12.1 Å². The largest absolute Gasteiger partial charge is 0.441 e. The number of anilines is 2. The summed E-state index contributed by atoms with van der Waals surface area (Å²) in [5.74, 6) is -0.0828. The van der Waals surface area contributed by atoms with Crippen LogP contribution in [-0.4, -0.2) is 19.0 Å². The zero-order chi connectivity index (χ0) is 17.6. The molecule has 1 fully saturated rings. The third-order valence-corrected chi connectivity index (χ3v) is 4.05. The third kappa shape index (κ3) is 4.07. The van der Waals surface area contributed by atoms with Crippen molar-refractivity contribution in [1.29, 1.82) is 5.26 Å². The lowest BCUT2D eigenvalue weighted by molar-refractivity contribution is -0.112. The number of piperidine rings is 1. The maximum Gasteiger partial charge on any atom is 0.266 e. The standard InChI is InChI=1S/C19H18FN3O2/c20-16-6-2-3-7-17(16)22-19(24)14(13-21)12-15-8-9-18(25-15)23-10-4-1-5-11-23/h2-3,6-9,12H,1,4-5,10-11H2,(H,22,24)/b14-12+. The van der Waals surface area contributed by atoms with E-state index in [4.69, 9.17) is 4.42 Å². The van der Waals surface area contributed by atoms with Crippen LogP contribution in [0.25, 0.3) is 6.08 Å². The van der Waals surface area contributed by atoms with E-state index in [-0.39, 0.29) is 11.3 Å². The lowest BCUT2D eigenvalue weighted by atomic mass is 10.1. The highest BCUT2D eigenvalue weighted by Crippen LogP contribution is 2.24. The van der Waals surface area contributed by atoms with Crippen molar-refractivity contribution in [3.05, 3.63) is 53.5 Å². The average Bonchev–Trinajstić information content (AvgIpc) is 3.11. The van der Waals surface area contributed by atoms with E-state index in [9.17, 15) is 14.4 Å². The van der Waals surface area contributed by atoms with Crippen LogP contribution in [0.5, 0.6) is 0 Å². The third-order valence-electron chi connectivity index (χ3n) is 4.05. The van der Waals surface area contributed by atoms with E-state index < -0.39 is 11.7 Å². The summed E-state index contributed by atoms with van der Waals surface area (Å²) in [6, 6.07) is 11.2. The van der Waals surface area contributed by atoms with Crippen molar-refractivity contribution in [2.45, 2.75) is 19.3 Å². The van der Waals surface area contributed by atoms with Crippen LogP contribution in [0.1, 0.15) is 25.0 Å². The monoisotopic (exact) mass is 339 g/mol. The molecule has 1 aliphatic heterocycles. The molecule has 1 aromatic carbocycles. The molecule has 0 aliphatic carbocycles. The summed E-state index contributed by atoms with van der Waals surface area (Å²) in [5, 5.41) is 11.6. The Kier molecular flexibility index (Phi) is 5.14. The molecule has 2 aromatic rings. The molecular weight excluding hydrogens is 321 g/mol. The van der Waals surface area contributed by atoms with Crippen molar-refractivity contribution < 1.29 is 13.6 Å². The van der Waals surface area contributed by atoms with Gasteiger partial charge in [0.05, 0.1) is 5.69 Å². The lowest BCUT2D eigenvalue weighted by Gasteiger charge is -2.25. The predicted molar refractivity (Wildman–Crippen MR) is 93.4 cm³/mol. The number of para-hydroxylation sites is 1. The first-order valence-electron chi connectivity index (χ1n) is 8.20. The summed E-state index contributed by atoms with van der Waals surface area (Å²) in [4.78, 5) is 14.3. The Hall–Kier alpha value is -3.07. The second-order valence-electron chi connectivity index (χ2n) is 5.83. The van der Waals surface area contributed by atoms with Gasteiger partial charge < -0.3 is 14.6 Å². The molecule has 1 saturated heterocycles. The summed E-state index contributed by atoms with van der Waals surface area (Å²) >= 11 is 0. The fraction of sp³-hybridized carbons (Fsp3) is 0.263. The van der Waals surface area contributed by atoms with Gasteiger partial charge in [-0.15, -0.1) is 0 Å². The van der Waals surface area contributed by atoms with E-state index in [1.807, 2.05) is 12.1 Å². The van der Waals surface area contributed by atoms with Crippen LogP contribution in [0.3, 0.4) is 0 Å². The van der Waals surface area contributed by atoms with E-state index in [0.29, 0.717) is 5.76 Å². The summed E-state index contributed by atoms with van der Waals surface area (Å²) in [6.07, 6.45) is 4.84. The molecule has 1 aromatic heterocycles. The first-order valence-corrected chi connectivity index (χ1v) is 8.20. The molecule has 0 spiro atoms. The number of nitrogens with one attached hydrogen (secondary N) is 1. The summed E-state index contributed by atoms with van der Waals surface area (Å²) < 4.78 is 19.3. The van der Waals surface area contributed by atoms with Crippen LogP contribution in [0, 0.1) is 17.1 Å². The number of carbonyl (C=O) groups excluding carboxylic acids is 1. The van der Waals surface area contributed by atoms with Crippen molar-refractivity contribution in [3.63, 3.8) is 0 Å². The van der Waals surface area contributed by atoms with Gasteiger partial charge in [-0.05, 0) is 37.5 Å². The van der Waals surface area contributed by atoms with Gasteiger partial charge in [-0.1, -0.05) is 12.1 Å². The van der Waals surface area contributed by atoms with Gasteiger partial charge in [0.15, 0.2) is 5.88 Å². The van der Waals surface area contributed by atoms with Gasteiger partial charge >= 0.3 is 0 Å². The molecule has 0 bridgehead atoms. The SMILES string of the molecule is N#C/C(=C\c1ccc(N2CCCCC2)o1)C(=O)Nc1ccccc1F. The number of carbonyl (C=O) groups is 1. The number of benzene rings is 1. The van der Waals surface area contributed by atoms with Crippen molar-refractivity contribution in [2.75, 3.05) is 23.3 Å². The summed E-state index contributed by atoms with van der Waals surface area (Å²) in [5.41, 5.74) is -0.120. The van der Waals surface area contributed by atoms with Gasteiger partial charge in [0.25, 0.3) is 5.91 Å². The first kappa shape index (κ1) is 16.8. The van der Waals surface area contributed by atoms with E-state index in [0.717, 1.165) is 31.8 Å². The van der Waals surface area contributed by atoms with Crippen LogP contribution in [0.2, 0.25) is 0 Å². The average molecular weight is 339 g/mol. The normalized spacial score (nSPS) is 14.9. The van der Waals surface area contributed by atoms with Gasteiger partial charge in [0.1, 0.15) is 23.2 Å². The molecule has 128 valence electrons. The summed E-state index contributed by atoms with van der Waals surface area (Å²) in [6.45, 7) is 1.88. The molecule has 3 rings (SSSR count). The molecule has 2 heterocycles. The highest BCUT2D eigenvalue weighted by atomic mass is 19.1. The molecule has 6 heteroatoms. The van der Waals surface area contributed by atoms with Crippen molar-refractivity contribution in [2.24, 2.45) is 0 Å². The van der Waals surface area contributed by atoms with Crippen LogP contribution in [0.4, 0.5) is 16.0 Å². The Balaban J connectivity index is 1.74. The minimum Gasteiger partial charge on any atom is -0.441 e. The highest BCUT2D eigenvalue weighted by molar-refractivity contribution is 6.09. The zero-order valence-corrected chi connectivity index (χ0v) is 13.7. The van der Waals surface area contributed by atoms with Crippen molar-refractivity contribution >= 4 is 23.6 Å². The smallest absolute Gasteiger partial charge is 0.266 e. The van der Waals surface area contributed by atoms with Gasteiger partial charge in [-0.25, -0.2) is 4.39 Å². The zero-order valence-electron chi connectivity index (χ0n) is 13.7. The van der Waals surface area contributed by atoms with Gasteiger partial charge in [0.2, 0.25) is 0 Å². The number of nitrogens with zero attached hydrogens (tertiary/aromatic N) is 2. The Labute approximate surface area is 145 Å². The Bertz CT molecular complexity index is 829. The van der Waals surface area contributed by atoms with Crippen LogP contribution >= 0.6 is 0 Å². The molecule has 1 aliphatic rings. The van der Waals surface area contributed by atoms with Crippen molar-refractivity contribution in [3.8, 4) is 6.07 Å². The number of hydrogen-bond acceptors (Lipinski definition) is 4. The lowest BCUT2D eigenvalue weighted by Crippen LogP contribution is -2.28. The minimum absolute atomic E-state index is 0.0297. The highest BCUT2D eigenvalue weighted by Gasteiger charge is 2.16. The molecule has 1 N–H and O–H groups in total. The number of amides is 1. The molecule has 0 atom stereocenters. The molecule has 5 nitrogen and oxygen atoms in total. The van der Waals surface area contributed by atoms with E-state index >= 15 is 0 Å². The van der Waals surface area contributed by atoms with Crippen LogP contribution < -0.4 is 10.2 Å². The number of nitriles is 1. The Morgan fingerprint density at radius 1 is 1.20 bits per heavy atom. The molecule has 1 amide bonds. The Morgan fingerprint density at radius 2 is 1.96 bits per heavy atom. The molecular formula is C19H18FN3O2. The molecule has 0 unspecified atom stereocenters. The quantitative estimate of drug-likeness (QED) is 0.676. The fourth-order valence-electron chi connectivity index (χ4n) is 2.75. The molecule has 25 heavy (non-hydrogen) atoms. The second kappa shape index (κ2) is 7.67. The summed E-state index contributed by atoms with van der Waals surface area (Å²) in [7, 11) is 0. The first-order chi connectivity index (χ1) is 12.2. The van der Waals surface area contributed by atoms with Gasteiger partial charge in [0, 0.05) is 25.2 Å². The fourth-order valence-corrected chi connectivity index (χ4v) is 2.75. The van der Waals surface area contributed by atoms with Crippen LogP contribution in [0.15, 0.2) is 46.4 Å². The second-order valence-corrected chi connectivity index (χ2v) is 5.83. The van der Waals surface area contributed by atoms with E-state index in [1.165, 1.54) is 30.7 Å². The van der Waals surface area contributed by atoms with E-state index in [2.05, 4.69) is 10.2 Å². The predicted octanol–water partition coefficient (Wildman–Crippen LogP) is 3.95. The Morgan fingerprint density at radius 3 is 2.68 bits per heavy atom. The topological polar surface area (TPSA) is 69.3 Å².